The van der Waals surface area contributed by atoms with Crippen LogP contribution in [0.2, 0.25) is 0 Å². The zero-order chi connectivity index (χ0) is 20.3. The first kappa shape index (κ1) is 20.3. The Kier molecular flexibility index (Phi) is 6.01. The van der Waals surface area contributed by atoms with Crippen molar-refractivity contribution in [3.63, 3.8) is 0 Å². The zero-order valence-electron chi connectivity index (χ0n) is 15.9. The van der Waals surface area contributed by atoms with Crippen LogP contribution in [0, 0.1) is 17.2 Å². The summed E-state index contributed by atoms with van der Waals surface area (Å²) in [5.74, 6) is -0.259. The van der Waals surface area contributed by atoms with Crippen molar-refractivity contribution in [2.75, 3.05) is 39.3 Å². The molecule has 0 spiro atoms. The number of hydrogen-bond donors (Lipinski definition) is 0. The van der Waals surface area contributed by atoms with Crippen LogP contribution in [-0.4, -0.2) is 73.6 Å². The Morgan fingerprint density at radius 3 is 2.39 bits per heavy atom. The molecule has 1 aromatic rings. The summed E-state index contributed by atoms with van der Waals surface area (Å²) >= 11 is 0. The van der Waals surface area contributed by atoms with Crippen LogP contribution in [0.4, 0.5) is 0 Å². The van der Waals surface area contributed by atoms with E-state index in [0.29, 0.717) is 26.2 Å². The monoisotopic (exact) mass is 404 g/mol. The van der Waals surface area contributed by atoms with Gasteiger partial charge >= 0.3 is 0 Å². The fourth-order valence-corrected chi connectivity index (χ4v) is 5.36. The van der Waals surface area contributed by atoms with Crippen LogP contribution in [0.15, 0.2) is 29.2 Å². The van der Waals surface area contributed by atoms with Crippen molar-refractivity contribution >= 4 is 21.8 Å². The third-order valence-corrected chi connectivity index (χ3v) is 7.35. The lowest BCUT2D eigenvalue weighted by Gasteiger charge is -2.38. The fourth-order valence-electron chi connectivity index (χ4n) is 3.79. The minimum Gasteiger partial charge on any atom is -0.342 e. The molecule has 2 fully saturated rings. The number of piperidine rings is 1. The summed E-state index contributed by atoms with van der Waals surface area (Å²) in [5.41, 5.74) is 0.118. The molecule has 0 aliphatic carbocycles. The lowest BCUT2D eigenvalue weighted by molar-refractivity contribution is -0.141. The van der Waals surface area contributed by atoms with Crippen molar-refractivity contribution < 1.29 is 18.0 Å². The van der Waals surface area contributed by atoms with Gasteiger partial charge in [0.05, 0.1) is 16.4 Å². The quantitative estimate of drug-likeness (QED) is 0.736. The number of carbonyl (C=O) groups is 2. The molecule has 0 aromatic heterocycles. The highest BCUT2D eigenvalue weighted by molar-refractivity contribution is 7.89. The van der Waals surface area contributed by atoms with Gasteiger partial charge in [-0.1, -0.05) is 12.1 Å². The first-order chi connectivity index (χ1) is 13.3. The van der Waals surface area contributed by atoms with Gasteiger partial charge in [-0.2, -0.15) is 9.57 Å². The number of rotatable bonds is 3. The van der Waals surface area contributed by atoms with E-state index >= 15 is 0 Å². The van der Waals surface area contributed by atoms with E-state index in [0.717, 1.165) is 12.8 Å². The highest BCUT2D eigenvalue weighted by Crippen LogP contribution is 2.23. The van der Waals surface area contributed by atoms with Crippen molar-refractivity contribution in [2.45, 2.75) is 24.7 Å². The van der Waals surface area contributed by atoms with Gasteiger partial charge in [0.1, 0.15) is 6.07 Å². The van der Waals surface area contributed by atoms with Gasteiger partial charge in [-0.25, -0.2) is 8.42 Å². The summed E-state index contributed by atoms with van der Waals surface area (Å²) in [6.07, 6.45) is 1.55. The van der Waals surface area contributed by atoms with Crippen LogP contribution in [0.3, 0.4) is 0 Å². The highest BCUT2D eigenvalue weighted by atomic mass is 32.2. The molecular formula is C19H24N4O4S. The van der Waals surface area contributed by atoms with Crippen LogP contribution >= 0.6 is 0 Å². The molecule has 1 aromatic carbocycles. The number of likely N-dealkylation sites (tertiary alicyclic amines) is 1. The van der Waals surface area contributed by atoms with Gasteiger partial charge in [0.25, 0.3) is 0 Å². The fraction of sp³-hybridized carbons (Fsp3) is 0.526. The molecule has 0 radical (unpaired) electrons. The van der Waals surface area contributed by atoms with Crippen LogP contribution in [0.5, 0.6) is 0 Å². The Bertz CT molecular complexity index is 901. The standard InChI is InChI=1S/C19H24N4O4S/c1-15(24)22-8-4-6-17(14-22)19(25)21-9-11-23(12-10-21)28(26,27)18-7-3-2-5-16(18)13-20/h2-3,5,7,17H,4,6,8-12,14H2,1H3/t17-/m0/s1. The third-order valence-electron chi connectivity index (χ3n) is 5.39. The summed E-state index contributed by atoms with van der Waals surface area (Å²) in [5, 5.41) is 9.19. The number of carbonyl (C=O) groups excluding carboxylic acids is 2. The Morgan fingerprint density at radius 2 is 1.75 bits per heavy atom. The molecule has 9 heteroatoms. The average Bonchev–Trinajstić information content (AvgIpc) is 2.73. The highest BCUT2D eigenvalue weighted by Gasteiger charge is 2.35. The lowest BCUT2D eigenvalue weighted by atomic mass is 9.96. The minimum atomic E-state index is -3.78. The molecule has 2 aliphatic rings. The Morgan fingerprint density at radius 1 is 1.07 bits per heavy atom. The molecule has 0 bridgehead atoms. The number of amides is 2. The summed E-state index contributed by atoms with van der Waals surface area (Å²) in [7, 11) is -3.78. The Hall–Kier alpha value is -2.44. The molecule has 0 saturated carbocycles. The third kappa shape index (κ3) is 4.03. The second-order valence-electron chi connectivity index (χ2n) is 7.14. The van der Waals surface area contributed by atoms with E-state index < -0.39 is 10.0 Å². The molecule has 28 heavy (non-hydrogen) atoms. The smallest absolute Gasteiger partial charge is 0.244 e. The maximum atomic E-state index is 12.9. The molecule has 1 atom stereocenters. The topological polar surface area (TPSA) is 102 Å². The first-order valence-electron chi connectivity index (χ1n) is 9.38. The van der Waals surface area contributed by atoms with Gasteiger partial charge < -0.3 is 9.80 Å². The molecule has 2 amide bonds. The van der Waals surface area contributed by atoms with E-state index in [2.05, 4.69) is 0 Å². The van der Waals surface area contributed by atoms with E-state index in [1.165, 1.54) is 23.4 Å². The summed E-state index contributed by atoms with van der Waals surface area (Å²) < 4.78 is 27.1. The normalized spacial score (nSPS) is 21.2. The van der Waals surface area contributed by atoms with E-state index in [9.17, 15) is 23.3 Å². The Balaban J connectivity index is 1.65. The number of piperazine rings is 1. The molecule has 150 valence electrons. The second kappa shape index (κ2) is 8.29. The van der Waals surface area contributed by atoms with Crippen LogP contribution in [0.1, 0.15) is 25.3 Å². The van der Waals surface area contributed by atoms with Gasteiger partial charge in [0, 0.05) is 46.2 Å². The molecule has 2 saturated heterocycles. The van der Waals surface area contributed by atoms with Crippen molar-refractivity contribution in [3.8, 4) is 6.07 Å². The molecule has 0 unspecified atom stereocenters. The predicted molar refractivity (Wildman–Crippen MR) is 101 cm³/mol. The minimum absolute atomic E-state index is 0.00153. The molecule has 2 aliphatic heterocycles. The molecular weight excluding hydrogens is 380 g/mol. The van der Waals surface area contributed by atoms with Crippen LogP contribution in [-0.2, 0) is 19.6 Å². The van der Waals surface area contributed by atoms with Crippen molar-refractivity contribution in [1.82, 2.24) is 14.1 Å². The molecule has 3 rings (SSSR count). The van der Waals surface area contributed by atoms with Gasteiger partial charge in [0.2, 0.25) is 21.8 Å². The average molecular weight is 404 g/mol. The second-order valence-corrected chi connectivity index (χ2v) is 9.05. The predicted octanol–water partition coefficient (Wildman–Crippen LogP) is 0.650. The molecule has 2 heterocycles. The van der Waals surface area contributed by atoms with Gasteiger partial charge in [0.15, 0.2) is 0 Å². The van der Waals surface area contributed by atoms with Crippen LogP contribution in [0.25, 0.3) is 0 Å². The van der Waals surface area contributed by atoms with Crippen molar-refractivity contribution in [2.24, 2.45) is 5.92 Å². The molecule has 0 N–H and O–H groups in total. The number of nitriles is 1. The van der Waals surface area contributed by atoms with E-state index in [4.69, 9.17) is 0 Å². The first-order valence-corrected chi connectivity index (χ1v) is 10.8. The van der Waals surface area contributed by atoms with E-state index in [-0.39, 0.29) is 41.3 Å². The summed E-state index contributed by atoms with van der Waals surface area (Å²) in [6, 6.07) is 8.06. The van der Waals surface area contributed by atoms with Gasteiger partial charge in [-0.15, -0.1) is 0 Å². The van der Waals surface area contributed by atoms with Gasteiger partial charge in [-0.05, 0) is 25.0 Å². The lowest BCUT2D eigenvalue weighted by Crippen LogP contribution is -2.54. The maximum Gasteiger partial charge on any atom is 0.244 e. The molecule has 8 nitrogen and oxygen atoms in total. The number of nitrogens with zero attached hydrogens (tertiary/aromatic N) is 4. The van der Waals surface area contributed by atoms with Crippen molar-refractivity contribution in [3.05, 3.63) is 29.8 Å². The summed E-state index contributed by atoms with van der Waals surface area (Å²) in [6.45, 7) is 3.63. The van der Waals surface area contributed by atoms with Gasteiger partial charge in [-0.3, -0.25) is 9.59 Å². The zero-order valence-corrected chi connectivity index (χ0v) is 16.7. The Labute approximate surface area is 165 Å². The number of hydrogen-bond acceptors (Lipinski definition) is 5. The van der Waals surface area contributed by atoms with E-state index in [1.807, 2.05) is 6.07 Å². The maximum absolute atomic E-state index is 12.9. The number of benzene rings is 1. The largest absolute Gasteiger partial charge is 0.342 e. The SMILES string of the molecule is CC(=O)N1CCC[C@H](C(=O)N2CCN(S(=O)(=O)c3ccccc3C#N)CC2)C1. The van der Waals surface area contributed by atoms with Crippen LogP contribution < -0.4 is 0 Å². The summed E-state index contributed by atoms with van der Waals surface area (Å²) in [4.78, 5) is 27.8. The van der Waals surface area contributed by atoms with E-state index in [1.54, 1.807) is 21.9 Å². The number of sulfonamides is 1. The van der Waals surface area contributed by atoms with Crippen molar-refractivity contribution in [1.29, 1.82) is 5.26 Å².